The van der Waals surface area contributed by atoms with Crippen LogP contribution < -0.4 is 15.7 Å². The van der Waals surface area contributed by atoms with Crippen molar-refractivity contribution in [2.75, 3.05) is 6.61 Å². The molecule has 7 heteroatoms. The highest BCUT2D eigenvalue weighted by molar-refractivity contribution is 5.86. The quantitative estimate of drug-likeness (QED) is 0.288. The molecular formula is C28H33NO6. The number of fused-ring (bicyclic) bond motifs is 1. The Hall–Kier alpha value is -3.61. The lowest BCUT2D eigenvalue weighted by atomic mass is 9.99. The van der Waals surface area contributed by atoms with E-state index < -0.39 is 17.9 Å². The van der Waals surface area contributed by atoms with Gasteiger partial charge in [-0.2, -0.15) is 0 Å². The van der Waals surface area contributed by atoms with E-state index >= 15 is 0 Å². The van der Waals surface area contributed by atoms with Crippen molar-refractivity contribution in [3.8, 4) is 5.75 Å². The zero-order chi connectivity index (χ0) is 25.4. The van der Waals surface area contributed by atoms with Gasteiger partial charge in [0.15, 0.2) is 6.61 Å². The van der Waals surface area contributed by atoms with Crippen molar-refractivity contribution in [3.63, 3.8) is 0 Å². The number of amides is 1. The minimum Gasteiger partial charge on any atom is -0.483 e. The summed E-state index contributed by atoms with van der Waals surface area (Å²) in [5.41, 5.74) is 3.14. The number of carboxylic acids is 1. The van der Waals surface area contributed by atoms with Crippen LogP contribution in [0.25, 0.3) is 11.0 Å². The first-order valence-corrected chi connectivity index (χ1v) is 12.1. The molecule has 2 aromatic carbocycles. The van der Waals surface area contributed by atoms with Gasteiger partial charge in [-0.15, -0.1) is 0 Å². The van der Waals surface area contributed by atoms with Gasteiger partial charge in [0.25, 0.3) is 5.91 Å². The van der Waals surface area contributed by atoms with Crippen molar-refractivity contribution in [2.45, 2.75) is 65.3 Å². The summed E-state index contributed by atoms with van der Waals surface area (Å²) in [7, 11) is 0. The summed E-state index contributed by atoms with van der Waals surface area (Å²) >= 11 is 0. The van der Waals surface area contributed by atoms with Gasteiger partial charge in [0.2, 0.25) is 0 Å². The fourth-order valence-corrected chi connectivity index (χ4v) is 4.17. The fraction of sp³-hybridized carbons (Fsp3) is 0.393. The predicted octanol–water partition coefficient (Wildman–Crippen LogP) is 4.72. The van der Waals surface area contributed by atoms with Crippen molar-refractivity contribution in [3.05, 3.63) is 75.1 Å². The number of hydrogen-bond acceptors (Lipinski definition) is 5. The van der Waals surface area contributed by atoms with Crippen LogP contribution in [0.1, 0.15) is 54.9 Å². The van der Waals surface area contributed by atoms with Gasteiger partial charge in [0.1, 0.15) is 17.4 Å². The minimum absolute atomic E-state index is 0.169. The van der Waals surface area contributed by atoms with E-state index in [0.29, 0.717) is 28.9 Å². The predicted molar refractivity (Wildman–Crippen MR) is 135 cm³/mol. The summed E-state index contributed by atoms with van der Waals surface area (Å²) in [6.45, 7) is 5.50. The molecule has 186 valence electrons. The zero-order valence-corrected chi connectivity index (χ0v) is 20.6. The Labute approximate surface area is 205 Å². The first-order valence-electron chi connectivity index (χ1n) is 12.1. The maximum absolute atomic E-state index is 12.7. The largest absolute Gasteiger partial charge is 0.483 e. The molecule has 0 aliphatic rings. The van der Waals surface area contributed by atoms with E-state index in [2.05, 4.69) is 12.2 Å². The van der Waals surface area contributed by atoms with Crippen LogP contribution in [0.4, 0.5) is 0 Å². The van der Waals surface area contributed by atoms with Crippen LogP contribution in [0.3, 0.4) is 0 Å². The Bertz CT molecular complexity index is 1230. The number of aryl methyl sites for hydroxylation is 2. The van der Waals surface area contributed by atoms with Gasteiger partial charge in [-0.3, -0.25) is 4.79 Å². The Balaban J connectivity index is 1.69. The SMILES string of the molecule is CCCCCCc1c(C)c2ccc(OCC(=O)NC(Cc3ccccc3)C(=O)O)c(C)c2oc1=O. The van der Waals surface area contributed by atoms with E-state index in [0.717, 1.165) is 42.2 Å². The van der Waals surface area contributed by atoms with E-state index in [1.807, 2.05) is 43.3 Å². The second-order valence-electron chi connectivity index (χ2n) is 8.81. The molecule has 3 aromatic rings. The topological polar surface area (TPSA) is 106 Å². The van der Waals surface area contributed by atoms with Gasteiger partial charge >= 0.3 is 11.6 Å². The van der Waals surface area contributed by atoms with Crippen LogP contribution in [-0.2, 0) is 22.4 Å². The summed E-state index contributed by atoms with van der Waals surface area (Å²) < 4.78 is 11.3. The molecule has 1 heterocycles. The molecule has 35 heavy (non-hydrogen) atoms. The number of unbranched alkanes of at least 4 members (excludes halogenated alkanes) is 3. The molecule has 3 rings (SSSR count). The zero-order valence-electron chi connectivity index (χ0n) is 20.6. The average molecular weight is 480 g/mol. The molecule has 0 radical (unpaired) electrons. The number of nitrogens with one attached hydrogen (secondary N) is 1. The van der Waals surface area contributed by atoms with Crippen molar-refractivity contribution >= 4 is 22.8 Å². The van der Waals surface area contributed by atoms with E-state index in [-0.39, 0.29) is 18.7 Å². The number of aliphatic carboxylic acids is 1. The highest BCUT2D eigenvalue weighted by Gasteiger charge is 2.21. The maximum atomic E-state index is 12.7. The molecule has 1 atom stereocenters. The van der Waals surface area contributed by atoms with E-state index in [1.165, 1.54) is 0 Å². The van der Waals surface area contributed by atoms with Crippen molar-refractivity contribution < 1.29 is 23.8 Å². The second-order valence-corrected chi connectivity index (χ2v) is 8.81. The molecule has 0 bridgehead atoms. The van der Waals surface area contributed by atoms with Crippen LogP contribution in [-0.4, -0.2) is 29.6 Å². The highest BCUT2D eigenvalue weighted by atomic mass is 16.5. The van der Waals surface area contributed by atoms with Crippen LogP contribution in [0.15, 0.2) is 51.7 Å². The van der Waals surface area contributed by atoms with E-state index in [9.17, 15) is 19.5 Å². The van der Waals surface area contributed by atoms with Crippen LogP contribution in [0.5, 0.6) is 5.75 Å². The number of carboxylic acid groups (broad SMARTS) is 1. The Kier molecular flexibility index (Phi) is 9.06. The van der Waals surface area contributed by atoms with Gasteiger partial charge in [-0.25, -0.2) is 9.59 Å². The number of carbonyl (C=O) groups is 2. The first kappa shape index (κ1) is 26.0. The van der Waals surface area contributed by atoms with E-state index in [4.69, 9.17) is 9.15 Å². The molecule has 0 saturated carbocycles. The molecule has 0 aliphatic carbocycles. The highest BCUT2D eigenvalue weighted by Crippen LogP contribution is 2.29. The standard InChI is InChI=1S/C28H33NO6/c1-4-5-6-10-13-22-18(2)21-14-15-24(19(3)26(21)35-28(22)33)34-17-25(30)29-23(27(31)32)16-20-11-8-7-9-12-20/h7-9,11-12,14-15,23H,4-6,10,13,16-17H2,1-3H3,(H,29,30)(H,31,32). The summed E-state index contributed by atoms with van der Waals surface area (Å²) in [5, 5.41) is 12.8. The molecule has 0 fully saturated rings. The normalized spacial score (nSPS) is 11.9. The first-order chi connectivity index (χ1) is 16.8. The molecule has 0 spiro atoms. The third-order valence-corrected chi connectivity index (χ3v) is 6.21. The average Bonchev–Trinajstić information content (AvgIpc) is 2.83. The third kappa shape index (κ3) is 6.72. The Morgan fingerprint density at radius 3 is 2.46 bits per heavy atom. The lowest BCUT2D eigenvalue weighted by molar-refractivity contribution is -0.142. The Morgan fingerprint density at radius 1 is 1.03 bits per heavy atom. The monoisotopic (exact) mass is 479 g/mol. The molecule has 2 N–H and O–H groups in total. The van der Waals surface area contributed by atoms with Crippen LogP contribution in [0.2, 0.25) is 0 Å². The van der Waals surface area contributed by atoms with E-state index in [1.54, 1.807) is 13.0 Å². The van der Waals surface area contributed by atoms with Gasteiger partial charge in [0, 0.05) is 22.9 Å². The maximum Gasteiger partial charge on any atom is 0.339 e. The number of hydrogen-bond donors (Lipinski definition) is 2. The van der Waals surface area contributed by atoms with Crippen molar-refractivity contribution in [1.82, 2.24) is 5.32 Å². The molecule has 1 aromatic heterocycles. The van der Waals surface area contributed by atoms with Crippen molar-refractivity contribution in [1.29, 1.82) is 0 Å². The van der Waals surface area contributed by atoms with Crippen molar-refractivity contribution in [2.24, 2.45) is 0 Å². The molecule has 1 amide bonds. The summed E-state index contributed by atoms with van der Waals surface area (Å²) in [6.07, 6.45) is 5.16. The van der Waals surface area contributed by atoms with Crippen LogP contribution >= 0.6 is 0 Å². The van der Waals surface area contributed by atoms with Gasteiger partial charge < -0.3 is 19.6 Å². The van der Waals surface area contributed by atoms with Gasteiger partial charge in [-0.1, -0.05) is 56.5 Å². The summed E-state index contributed by atoms with van der Waals surface area (Å²) in [4.78, 5) is 36.7. The number of benzene rings is 2. The number of ether oxygens (including phenoxy) is 1. The summed E-state index contributed by atoms with van der Waals surface area (Å²) in [5.74, 6) is -1.26. The molecule has 0 saturated heterocycles. The second kappa shape index (κ2) is 12.2. The lowest BCUT2D eigenvalue weighted by Gasteiger charge is -2.16. The fourth-order valence-electron chi connectivity index (χ4n) is 4.17. The molecule has 0 aliphatic heterocycles. The number of rotatable bonds is 12. The minimum atomic E-state index is -1.12. The molecule has 1 unspecified atom stereocenters. The lowest BCUT2D eigenvalue weighted by Crippen LogP contribution is -2.44. The molecular weight excluding hydrogens is 446 g/mol. The smallest absolute Gasteiger partial charge is 0.339 e. The Morgan fingerprint density at radius 2 is 1.77 bits per heavy atom. The van der Waals surface area contributed by atoms with Crippen LogP contribution in [0, 0.1) is 13.8 Å². The molecule has 7 nitrogen and oxygen atoms in total. The number of carbonyl (C=O) groups excluding carboxylic acids is 1. The summed E-state index contributed by atoms with van der Waals surface area (Å²) in [6, 6.07) is 11.6. The van der Waals surface area contributed by atoms with Gasteiger partial charge in [-0.05, 0) is 49.9 Å². The third-order valence-electron chi connectivity index (χ3n) is 6.21. The van der Waals surface area contributed by atoms with Gasteiger partial charge in [0.05, 0.1) is 0 Å².